The van der Waals surface area contributed by atoms with Crippen LogP contribution in [0.25, 0.3) is 0 Å². The fourth-order valence-corrected chi connectivity index (χ4v) is 6.48. The van der Waals surface area contributed by atoms with Gasteiger partial charge in [-0.1, -0.05) is 36.4 Å². The summed E-state index contributed by atoms with van der Waals surface area (Å²) in [5.41, 5.74) is -7.00. The second kappa shape index (κ2) is 15.1. The van der Waals surface area contributed by atoms with E-state index in [9.17, 15) is 48.5 Å². The molecule has 0 spiro atoms. The van der Waals surface area contributed by atoms with Crippen molar-refractivity contribution in [1.29, 1.82) is 0 Å². The molecule has 16 heteroatoms. The molecule has 3 aromatic rings. The van der Waals surface area contributed by atoms with Crippen molar-refractivity contribution in [2.45, 2.75) is 41.1 Å². The molecule has 5 rings (SSSR count). The van der Waals surface area contributed by atoms with E-state index in [0.29, 0.717) is 75.0 Å². The van der Waals surface area contributed by atoms with E-state index in [1.54, 1.807) is 21.9 Å². The summed E-state index contributed by atoms with van der Waals surface area (Å²) in [5.74, 6) is -2.96. The number of carbonyl (C=O) groups is 1. The smallest absolute Gasteiger partial charge is 0.378 e. The van der Waals surface area contributed by atoms with Crippen molar-refractivity contribution in [1.82, 2.24) is 9.80 Å². The lowest BCUT2D eigenvalue weighted by molar-refractivity contribution is -0.392. The SMILES string of the molecule is Fc1cccc(F)c1COC(c1ccccc1)(C(F)(F)F)C(F)(F)F.O=C(N1CCOCC1)N1CCC(S(=O)c2ccc(F)cc2)C1. The molecule has 2 unspecified atom stereocenters. The zero-order valence-electron chi connectivity index (χ0n) is 24.5. The van der Waals surface area contributed by atoms with Gasteiger partial charge in [-0.2, -0.15) is 26.3 Å². The summed E-state index contributed by atoms with van der Waals surface area (Å²) in [5, 5.41) is -0.0875. The van der Waals surface area contributed by atoms with Crippen LogP contribution >= 0.6 is 0 Å². The first-order chi connectivity index (χ1) is 22.2. The number of alkyl halides is 6. The predicted octanol–water partition coefficient (Wildman–Crippen LogP) is 6.96. The fraction of sp³-hybridized carbons (Fsp3) is 0.387. The number of rotatable bonds is 6. The topological polar surface area (TPSA) is 59.1 Å². The van der Waals surface area contributed by atoms with Crippen LogP contribution in [-0.4, -0.2) is 77.0 Å². The summed E-state index contributed by atoms with van der Waals surface area (Å²) in [6, 6.07) is 12.4. The molecule has 0 bridgehead atoms. The van der Waals surface area contributed by atoms with Crippen molar-refractivity contribution in [2.24, 2.45) is 0 Å². The molecule has 2 fully saturated rings. The number of morpholine rings is 1. The summed E-state index contributed by atoms with van der Waals surface area (Å²) < 4.78 is 143. The lowest BCUT2D eigenvalue weighted by Gasteiger charge is -2.37. The molecule has 0 N–H and O–H groups in total. The molecular weight excluding hydrogens is 667 g/mol. The highest BCUT2D eigenvalue weighted by atomic mass is 32.2. The van der Waals surface area contributed by atoms with Crippen LogP contribution in [0.15, 0.2) is 77.7 Å². The van der Waals surface area contributed by atoms with E-state index >= 15 is 0 Å². The first kappa shape index (κ1) is 36.2. The summed E-state index contributed by atoms with van der Waals surface area (Å²) in [7, 11) is -1.21. The van der Waals surface area contributed by atoms with Gasteiger partial charge >= 0.3 is 18.4 Å². The van der Waals surface area contributed by atoms with Gasteiger partial charge in [0.1, 0.15) is 17.5 Å². The van der Waals surface area contributed by atoms with E-state index in [1.807, 2.05) is 0 Å². The van der Waals surface area contributed by atoms with Crippen LogP contribution in [0.3, 0.4) is 0 Å². The number of likely N-dealkylation sites (tertiary alicyclic amines) is 1. The van der Waals surface area contributed by atoms with Gasteiger partial charge in [0.05, 0.1) is 35.9 Å². The Bertz CT molecular complexity index is 1480. The maximum atomic E-state index is 13.5. The van der Waals surface area contributed by atoms with Crippen molar-refractivity contribution in [3.63, 3.8) is 0 Å². The molecule has 2 saturated heterocycles. The first-order valence-electron chi connectivity index (χ1n) is 14.2. The van der Waals surface area contributed by atoms with E-state index < -0.39 is 58.1 Å². The van der Waals surface area contributed by atoms with Crippen LogP contribution in [0.1, 0.15) is 17.5 Å². The van der Waals surface area contributed by atoms with Crippen LogP contribution in [-0.2, 0) is 32.5 Å². The maximum absolute atomic E-state index is 13.5. The maximum Gasteiger partial charge on any atom is 0.430 e. The number of amides is 2. The molecule has 2 aliphatic rings. The van der Waals surface area contributed by atoms with E-state index in [2.05, 4.69) is 4.74 Å². The van der Waals surface area contributed by atoms with Gasteiger partial charge in [-0.3, -0.25) is 4.21 Å². The molecule has 6 nitrogen and oxygen atoms in total. The molecule has 0 aromatic heterocycles. The van der Waals surface area contributed by atoms with Gasteiger partial charge < -0.3 is 19.3 Å². The Morgan fingerprint density at radius 3 is 1.91 bits per heavy atom. The number of carbonyl (C=O) groups excluding carboxylic acids is 1. The minimum Gasteiger partial charge on any atom is -0.378 e. The third-order valence-corrected chi connectivity index (χ3v) is 9.25. The van der Waals surface area contributed by atoms with Crippen molar-refractivity contribution in [2.75, 3.05) is 39.4 Å². The van der Waals surface area contributed by atoms with Gasteiger partial charge in [0.2, 0.25) is 0 Å². The monoisotopic (exact) mass is 696 g/mol. The van der Waals surface area contributed by atoms with Crippen LogP contribution in [0, 0.1) is 17.5 Å². The summed E-state index contributed by atoms with van der Waals surface area (Å²) in [6.07, 6.45) is -11.1. The molecule has 2 atom stereocenters. The third kappa shape index (κ3) is 8.27. The number of halogens is 9. The molecule has 2 amide bonds. The average Bonchev–Trinajstić information content (AvgIpc) is 3.53. The summed E-state index contributed by atoms with van der Waals surface area (Å²) in [6.45, 7) is 1.91. The number of benzene rings is 3. The van der Waals surface area contributed by atoms with Crippen molar-refractivity contribution < 1.29 is 58.0 Å². The molecular formula is C31H29F9N2O4S. The highest BCUT2D eigenvalue weighted by Gasteiger charge is 2.73. The second-order valence-corrected chi connectivity index (χ2v) is 12.3. The largest absolute Gasteiger partial charge is 0.430 e. The van der Waals surface area contributed by atoms with E-state index in [0.717, 1.165) is 18.2 Å². The summed E-state index contributed by atoms with van der Waals surface area (Å²) >= 11 is 0. The number of nitrogens with zero attached hydrogens (tertiary/aromatic N) is 2. The number of hydrogen-bond donors (Lipinski definition) is 0. The van der Waals surface area contributed by atoms with Crippen molar-refractivity contribution in [3.8, 4) is 0 Å². The molecule has 0 radical (unpaired) electrons. The van der Waals surface area contributed by atoms with Crippen LogP contribution in [0.2, 0.25) is 0 Å². The molecule has 2 heterocycles. The van der Waals surface area contributed by atoms with Crippen molar-refractivity contribution >= 4 is 16.8 Å². The summed E-state index contributed by atoms with van der Waals surface area (Å²) in [4.78, 5) is 16.6. The van der Waals surface area contributed by atoms with Crippen LogP contribution in [0.5, 0.6) is 0 Å². The Balaban J connectivity index is 0.000000214. The third-order valence-electron chi connectivity index (χ3n) is 7.52. The Hall–Kier alpha value is -3.63. The molecule has 0 saturated carbocycles. The van der Waals surface area contributed by atoms with Crippen LogP contribution in [0.4, 0.5) is 44.3 Å². The van der Waals surface area contributed by atoms with Gasteiger partial charge in [-0.15, -0.1) is 0 Å². The highest BCUT2D eigenvalue weighted by Crippen LogP contribution is 2.53. The molecule has 256 valence electrons. The van der Waals surface area contributed by atoms with E-state index in [4.69, 9.17) is 4.74 Å². The number of urea groups is 1. The zero-order valence-corrected chi connectivity index (χ0v) is 25.3. The minimum absolute atomic E-state index is 0.00176. The van der Waals surface area contributed by atoms with Gasteiger partial charge in [0.15, 0.2) is 0 Å². The van der Waals surface area contributed by atoms with Crippen molar-refractivity contribution in [3.05, 3.63) is 101 Å². The molecule has 3 aromatic carbocycles. The lowest BCUT2D eigenvalue weighted by atomic mass is 9.91. The zero-order chi connectivity index (χ0) is 34.4. The van der Waals surface area contributed by atoms with Gasteiger partial charge in [0, 0.05) is 42.2 Å². The standard InChI is InChI=1S/C16H10F8O.C15H19FN2O3S/c17-12-7-4-8-13(18)11(12)9-25-14(15(19,20)21,16(22,23)24)10-5-2-1-3-6-10;16-12-1-3-13(4-2-12)22(20)14-5-6-18(11-14)15(19)17-7-9-21-10-8-17/h1-8H,9H2;1-4,14H,5-11H2. The normalized spacial score (nSPS) is 18.0. The molecule has 2 aliphatic heterocycles. The van der Waals surface area contributed by atoms with Gasteiger partial charge in [-0.25, -0.2) is 18.0 Å². The Kier molecular flexibility index (Phi) is 11.6. The Morgan fingerprint density at radius 2 is 1.36 bits per heavy atom. The number of ether oxygens (including phenoxy) is 2. The predicted molar refractivity (Wildman–Crippen MR) is 152 cm³/mol. The highest BCUT2D eigenvalue weighted by molar-refractivity contribution is 7.85. The molecule has 47 heavy (non-hydrogen) atoms. The lowest BCUT2D eigenvalue weighted by Crippen LogP contribution is -2.55. The van der Waals surface area contributed by atoms with E-state index in [1.165, 1.54) is 18.2 Å². The average molecular weight is 697 g/mol. The Morgan fingerprint density at radius 1 is 0.787 bits per heavy atom. The quantitative estimate of drug-likeness (QED) is 0.262. The van der Waals surface area contributed by atoms with Gasteiger partial charge in [-0.05, 0) is 42.8 Å². The van der Waals surface area contributed by atoms with Gasteiger partial charge in [0.25, 0.3) is 5.60 Å². The number of hydrogen-bond acceptors (Lipinski definition) is 4. The fourth-order valence-electron chi connectivity index (χ4n) is 5.05. The minimum atomic E-state index is -5.92. The first-order valence-corrected chi connectivity index (χ1v) is 15.4. The van der Waals surface area contributed by atoms with E-state index in [-0.39, 0.29) is 17.1 Å². The van der Waals surface area contributed by atoms with Crippen LogP contribution < -0.4 is 0 Å². The Labute approximate surface area is 266 Å². The second-order valence-electron chi connectivity index (χ2n) is 10.5. The molecule has 0 aliphatic carbocycles.